The van der Waals surface area contributed by atoms with Crippen molar-refractivity contribution >= 4 is 23.9 Å². The van der Waals surface area contributed by atoms with Gasteiger partial charge >= 0.3 is 23.9 Å². The number of carbonyl (C=O) groups excluding carboxylic acids is 4. The molecule has 13 nitrogen and oxygen atoms in total. The molecule has 2 aliphatic rings. The lowest BCUT2D eigenvalue weighted by atomic mass is 9.82. The molecule has 13 heteroatoms. The number of hydrogen-bond donors (Lipinski definition) is 0. The number of hydrogen-bond acceptors (Lipinski definition) is 13. The second-order valence-corrected chi connectivity index (χ2v) is 15.5. The highest BCUT2D eigenvalue weighted by Crippen LogP contribution is 2.38. The first-order chi connectivity index (χ1) is 31.1. The Hall–Kier alpha value is -6.69. The largest absolute Gasteiger partial charge is 0.453 e. The molecule has 0 aliphatic carbocycles. The molecule has 1 unspecified atom stereocenters. The molecule has 2 saturated heterocycles. The van der Waals surface area contributed by atoms with Gasteiger partial charge in [0.2, 0.25) is 6.29 Å². The minimum Gasteiger partial charge on any atom is -0.453 e. The van der Waals surface area contributed by atoms with Crippen molar-refractivity contribution in [3.8, 4) is 6.07 Å². The van der Waals surface area contributed by atoms with Gasteiger partial charge < -0.3 is 37.9 Å². The summed E-state index contributed by atoms with van der Waals surface area (Å²) in [6, 6.07) is 43.6. The van der Waals surface area contributed by atoms with Crippen molar-refractivity contribution in [2.45, 2.75) is 82.5 Å². The highest BCUT2D eigenvalue weighted by atomic mass is 16.8. The molecule has 0 spiro atoms. The Morgan fingerprint density at radius 2 is 0.906 bits per heavy atom. The second kappa shape index (κ2) is 21.6. The molecule has 0 N–H and O–H groups in total. The summed E-state index contributed by atoms with van der Waals surface area (Å²) >= 11 is 0. The van der Waals surface area contributed by atoms with Gasteiger partial charge in [-0.2, -0.15) is 5.26 Å². The molecule has 64 heavy (non-hydrogen) atoms. The number of nitriles is 1. The molecule has 5 aromatic carbocycles. The van der Waals surface area contributed by atoms with E-state index in [9.17, 15) is 24.4 Å². The normalized spacial score (nSPS) is 25.7. The van der Waals surface area contributed by atoms with Gasteiger partial charge in [0.1, 0.15) is 6.10 Å². The fourth-order valence-electron chi connectivity index (χ4n) is 7.75. The van der Waals surface area contributed by atoms with E-state index >= 15 is 0 Å². The highest BCUT2D eigenvalue weighted by molar-refractivity contribution is 5.91. The van der Waals surface area contributed by atoms with Gasteiger partial charge in [-0.25, -0.2) is 19.2 Å². The Morgan fingerprint density at radius 3 is 1.34 bits per heavy atom. The Morgan fingerprint density at radius 1 is 0.516 bits per heavy atom. The molecule has 0 radical (unpaired) electrons. The van der Waals surface area contributed by atoms with Crippen LogP contribution in [0.2, 0.25) is 0 Å². The van der Waals surface area contributed by atoms with Crippen LogP contribution in [0.4, 0.5) is 0 Å². The van der Waals surface area contributed by atoms with Gasteiger partial charge in [-0.15, -0.1) is 0 Å². The molecule has 2 aliphatic heterocycles. The van der Waals surface area contributed by atoms with Crippen LogP contribution in [-0.4, -0.2) is 79.7 Å². The van der Waals surface area contributed by atoms with Crippen molar-refractivity contribution in [2.75, 3.05) is 6.61 Å². The Kier molecular flexibility index (Phi) is 15.3. The summed E-state index contributed by atoms with van der Waals surface area (Å²) in [4.78, 5) is 55.6. The molecule has 0 aromatic heterocycles. The molecule has 330 valence electrons. The van der Waals surface area contributed by atoms with Crippen LogP contribution in [0.3, 0.4) is 0 Å². The first-order valence-electron chi connectivity index (χ1n) is 21.2. The summed E-state index contributed by atoms with van der Waals surface area (Å²) < 4.78 is 50.8. The third-order valence-electron chi connectivity index (χ3n) is 11.4. The molecule has 11 atom stereocenters. The molecular weight excluding hydrogens is 819 g/mol. The zero-order chi connectivity index (χ0) is 45.0. The highest BCUT2D eigenvalue weighted by Gasteiger charge is 2.55. The quantitative estimate of drug-likeness (QED) is 0.0729. The molecule has 5 aromatic rings. The Balaban J connectivity index is 1.30. The van der Waals surface area contributed by atoms with E-state index in [1.54, 1.807) is 127 Å². The van der Waals surface area contributed by atoms with Crippen LogP contribution in [0.15, 0.2) is 152 Å². The lowest BCUT2D eigenvalue weighted by molar-refractivity contribution is -0.324. The van der Waals surface area contributed by atoms with E-state index in [1.165, 1.54) is 24.3 Å². The van der Waals surface area contributed by atoms with Crippen molar-refractivity contribution in [3.63, 3.8) is 0 Å². The standard InChI is InChI=1S/C51H49NO12/c1-4-39-32(2)33(3)42(61-46(53)35-22-12-6-13-23-35)50(58-39)57-31-41-43(62-47(54)36-24-14-7-15-25-36)44(63-48(55)37-26-16-8-17-27-37)45(64-49(56)38-28-18-9-19-29-38)51(60-41)59-40(30-52)34-20-10-5-11-21-34/h5-29,32-33,39-45,50-51H,4,31H2,1-3H3/t32-,33-,39+,40?,41+,42+,43+,44-,45+,50+,51+/m0/s1. The maximum atomic E-state index is 14.1. The van der Waals surface area contributed by atoms with Gasteiger partial charge in [-0.1, -0.05) is 124 Å². The van der Waals surface area contributed by atoms with Crippen molar-refractivity contribution in [1.29, 1.82) is 5.26 Å². The lowest BCUT2D eigenvalue weighted by Crippen LogP contribution is -2.63. The number of carbonyl (C=O) groups is 4. The van der Waals surface area contributed by atoms with E-state index < -0.39 is 79.7 Å². The zero-order valence-corrected chi connectivity index (χ0v) is 35.5. The summed E-state index contributed by atoms with van der Waals surface area (Å²) in [5.74, 6) is -3.35. The van der Waals surface area contributed by atoms with Gasteiger partial charge in [0.15, 0.2) is 36.8 Å². The zero-order valence-electron chi connectivity index (χ0n) is 35.5. The van der Waals surface area contributed by atoms with Crippen molar-refractivity contribution < 1.29 is 57.1 Å². The summed E-state index contributed by atoms with van der Waals surface area (Å²) in [5, 5.41) is 10.5. The van der Waals surface area contributed by atoms with E-state index in [-0.39, 0.29) is 34.6 Å². The molecule has 0 amide bonds. The molecule has 2 heterocycles. The van der Waals surface area contributed by atoms with E-state index in [1.807, 2.05) is 20.8 Å². The van der Waals surface area contributed by atoms with Crippen molar-refractivity contribution in [2.24, 2.45) is 11.8 Å². The maximum Gasteiger partial charge on any atom is 0.338 e. The Labute approximate surface area is 371 Å². The average molecular weight is 868 g/mol. The topological polar surface area (TPSA) is 166 Å². The van der Waals surface area contributed by atoms with E-state index in [2.05, 4.69) is 6.07 Å². The third-order valence-corrected chi connectivity index (χ3v) is 11.4. The van der Waals surface area contributed by atoms with Crippen molar-refractivity contribution in [1.82, 2.24) is 0 Å². The number of nitrogens with zero attached hydrogens (tertiary/aromatic N) is 1. The van der Waals surface area contributed by atoms with Crippen LogP contribution in [0.5, 0.6) is 0 Å². The van der Waals surface area contributed by atoms with Gasteiger partial charge in [0.05, 0.1) is 41.0 Å². The third kappa shape index (κ3) is 10.9. The monoisotopic (exact) mass is 867 g/mol. The van der Waals surface area contributed by atoms with E-state index in [0.29, 0.717) is 17.5 Å². The lowest BCUT2D eigenvalue weighted by Gasteiger charge is -2.46. The van der Waals surface area contributed by atoms with Crippen LogP contribution >= 0.6 is 0 Å². The summed E-state index contributed by atoms with van der Waals surface area (Å²) in [7, 11) is 0. The number of esters is 4. The molecule has 2 fully saturated rings. The van der Waals surface area contributed by atoms with Crippen LogP contribution in [0, 0.1) is 23.2 Å². The molecular formula is C51H49NO12. The van der Waals surface area contributed by atoms with Gasteiger partial charge in [-0.3, -0.25) is 0 Å². The van der Waals surface area contributed by atoms with E-state index in [0.717, 1.165) is 0 Å². The second-order valence-electron chi connectivity index (χ2n) is 15.5. The predicted octanol–water partition coefficient (Wildman–Crippen LogP) is 8.32. The van der Waals surface area contributed by atoms with Crippen LogP contribution in [0.1, 0.15) is 80.3 Å². The SMILES string of the molecule is CC[C@H]1O[C@@H](OC[C@H]2O[C@@H](OC(C#N)c3ccccc3)[C@H](OC(=O)c3ccccc3)[C@@H](OC(=O)c3ccccc3)[C@@H]2OC(=O)c2ccccc2)[C@H](OC(=O)c2ccccc2)[C@@H](C)[C@@H]1C. The summed E-state index contributed by atoms with van der Waals surface area (Å²) in [5.41, 5.74) is 1.26. The van der Waals surface area contributed by atoms with Crippen LogP contribution in [0.25, 0.3) is 0 Å². The number of ether oxygens (including phenoxy) is 8. The first-order valence-corrected chi connectivity index (χ1v) is 21.2. The smallest absolute Gasteiger partial charge is 0.338 e. The first kappa shape index (κ1) is 45.3. The average Bonchev–Trinajstić information content (AvgIpc) is 3.34. The molecule has 7 rings (SSSR count). The Bertz CT molecular complexity index is 2340. The van der Waals surface area contributed by atoms with Gasteiger partial charge in [0, 0.05) is 5.92 Å². The van der Waals surface area contributed by atoms with Crippen LogP contribution < -0.4 is 0 Å². The van der Waals surface area contributed by atoms with Crippen molar-refractivity contribution in [3.05, 3.63) is 179 Å². The van der Waals surface area contributed by atoms with E-state index in [4.69, 9.17) is 37.9 Å². The summed E-state index contributed by atoms with van der Waals surface area (Å²) in [6.45, 7) is 5.53. The molecule has 0 saturated carbocycles. The fraction of sp³-hybridized carbons (Fsp3) is 0.314. The van der Waals surface area contributed by atoms with Gasteiger partial charge in [-0.05, 0) is 66.4 Å². The van der Waals surface area contributed by atoms with Crippen LogP contribution in [-0.2, 0) is 37.9 Å². The fourth-order valence-corrected chi connectivity index (χ4v) is 7.75. The maximum absolute atomic E-state index is 14.1. The summed E-state index contributed by atoms with van der Waals surface area (Å²) in [6.07, 6.45) is -10.8. The van der Waals surface area contributed by atoms with Gasteiger partial charge in [0.25, 0.3) is 0 Å². The minimum absolute atomic E-state index is 0.0375. The molecule has 0 bridgehead atoms. The predicted molar refractivity (Wildman–Crippen MR) is 230 cm³/mol. The number of benzene rings is 5. The minimum atomic E-state index is -1.64. The number of rotatable bonds is 15.